The second kappa shape index (κ2) is 6.03. The highest BCUT2D eigenvalue weighted by atomic mass is 32.2. The van der Waals surface area contributed by atoms with E-state index in [-0.39, 0.29) is 0 Å². The number of aromatic nitrogens is 2. The van der Waals surface area contributed by atoms with Crippen LogP contribution in [-0.4, -0.2) is 22.4 Å². The highest BCUT2D eigenvalue weighted by Gasteiger charge is 2.05. The SMILES string of the molecule is CCc1noc(CSCC(C)CN)n1. The summed E-state index contributed by atoms with van der Waals surface area (Å²) in [6.07, 6.45) is 0.827. The smallest absolute Gasteiger partial charge is 0.236 e. The Morgan fingerprint density at radius 2 is 2.36 bits per heavy atom. The van der Waals surface area contributed by atoms with Gasteiger partial charge in [-0.05, 0) is 18.2 Å². The summed E-state index contributed by atoms with van der Waals surface area (Å²) in [6.45, 7) is 4.88. The van der Waals surface area contributed by atoms with E-state index in [1.54, 1.807) is 11.8 Å². The quantitative estimate of drug-likeness (QED) is 0.778. The minimum atomic E-state index is 0.550. The van der Waals surface area contributed by atoms with Crippen molar-refractivity contribution in [3.63, 3.8) is 0 Å². The first-order valence-corrected chi connectivity index (χ1v) is 6.01. The van der Waals surface area contributed by atoms with Gasteiger partial charge >= 0.3 is 0 Å². The normalized spacial score (nSPS) is 13.1. The van der Waals surface area contributed by atoms with Crippen LogP contribution in [0.15, 0.2) is 4.52 Å². The Hall–Kier alpha value is -0.550. The first-order valence-electron chi connectivity index (χ1n) is 4.85. The summed E-state index contributed by atoms with van der Waals surface area (Å²) in [5.41, 5.74) is 5.51. The third-order valence-electron chi connectivity index (χ3n) is 1.86. The Bertz CT molecular complexity index is 264. The molecule has 2 N–H and O–H groups in total. The van der Waals surface area contributed by atoms with Gasteiger partial charge in [-0.15, -0.1) is 0 Å². The molecule has 0 saturated heterocycles. The number of hydrogen-bond donors (Lipinski definition) is 1. The molecule has 1 aromatic rings. The molecule has 0 amide bonds. The van der Waals surface area contributed by atoms with Gasteiger partial charge in [0.2, 0.25) is 5.89 Å². The van der Waals surface area contributed by atoms with Gasteiger partial charge in [0.1, 0.15) is 0 Å². The summed E-state index contributed by atoms with van der Waals surface area (Å²) < 4.78 is 5.06. The van der Waals surface area contributed by atoms with Gasteiger partial charge in [-0.2, -0.15) is 16.7 Å². The highest BCUT2D eigenvalue weighted by Crippen LogP contribution is 2.13. The molecule has 0 fully saturated rings. The lowest BCUT2D eigenvalue weighted by molar-refractivity contribution is 0.385. The Morgan fingerprint density at radius 3 is 2.93 bits per heavy atom. The third kappa shape index (κ3) is 3.67. The van der Waals surface area contributed by atoms with E-state index >= 15 is 0 Å². The molecule has 0 bridgehead atoms. The van der Waals surface area contributed by atoms with Crippen LogP contribution in [0.5, 0.6) is 0 Å². The maximum Gasteiger partial charge on any atom is 0.236 e. The maximum atomic E-state index is 5.51. The number of hydrogen-bond acceptors (Lipinski definition) is 5. The Kier molecular flexibility index (Phi) is 4.97. The van der Waals surface area contributed by atoms with Crippen molar-refractivity contribution in [2.24, 2.45) is 11.7 Å². The van der Waals surface area contributed by atoms with E-state index in [1.165, 1.54) is 0 Å². The molecule has 0 saturated carbocycles. The van der Waals surface area contributed by atoms with Crippen molar-refractivity contribution in [2.75, 3.05) is 12.3 Å². The molecule has 0 aliphatic rings. The lowest BCUT2D eigenvalue weighted by Crippen LogP contribution is -2.12. The third-order valence-corrected chi connectivity index (χ3v) is 3.11. The van der Waals surface area contributed by atoms with Gasteiger partial charge in [0, 0.05) is 6.42 Å². The van der Waals surface area contributed by atoms with Crippen LogP contribution < -0.4 is 5.73 Å². The van der Waals surface area contributed by atoms with Crippen molar-refractivity contribution >= 4 is 11.8 Å². The standard InChI is InChI=1S/C9H17N3OS/c1-3-8-11-9(13-12-8)6-14-5-7(2)4-10/h7H,3-6,10H2,1-2H3. The Balaban J connectivity index is 2.24. The van der Waals surface area contributed by atoms with Gasteiger partial charge < -0.3 is 10.3 Å². The largest absolute Gasteiger partial charge is 0.338 e. The Labute approximate surface area is 88.6 Å². The van der Waals surface area contributed by atoms with Crippen molar-refractivity contribution in [3.8, 4) is 0 Å². The molecule has 5 heteroatoms. The summed E-state index contributed by atoms with van der Waals surface area (Å²) in [7, 11) is 0. The number of thioether (sulfide) groups is 1. The minimum absolute atomic E-state index is 0.550. The van der Waals surface area contributed by atoms with Gasteiger partial charge in [-0.3, -0.25) is 0 Å². The molecule has 14 heavy (non-hydrogen) atoms. The van der Waals surface area contributed by atoms with Crippen LogP contribution in [0, 0.1) is 5.92 Å². The van der Waals surface area contributed by atoms with Crippen molar-refractivity contribution in [1.29, 1.82) is 0 Å². The molecule has 1 rings (SSSR count). The molecule has 0 aliphatic heterocycles. The van der Waals surface area contributed by atoms with Crippen LogP contribution in [0.25, 0.3) is 0 Å². The number of nitrogens with zero attached hydrogens (tertiary/aromatic N) is 2. The van der Waals surface area contributed by atoms with E-state index < -0.39 is 0 Å². The van der Waals surface area contributed by atoms with E-state index in [0.717, 1.165) is 36.2 Å². The molecule has 4 nitrogen and oxygen atoms in total. The molecule has 1 unspecified atom stereocenters. The fourth-order valence-electron chi connectivity index (χ4n) is 0.908. The minimum Gasteiger partial charge on any atom is -0.338 e. The van der Waals surface area contributed by atoms with Crippen LogP contribution in [0.1, 0.15) is 25.6 Å². The topological polar surface area (TPSA) is 64.9 Å². The summed E-state index contributed by atoms with van der Waals surface area (Å²) in [6, 6.07) is 0. The van der Waals surface area contributed by atoms with Crippen LogP contribution in [0.4, 0.5) is 0 Å². The average molecular weight is 215 g/mol. The summed E-state index contributed by atoms with van der Waals surface area (Å²) >= 11 is 1.79. The van der Waals surface area contributed by atoms with Crippen LogP contribution in [0.2, 0.25) is 0 Å². The average Bonchev–Trinajstić information content (AvgIpc) is 2.65. The van der Waals surface area contributed by atoms with Crippen molar-refractivity contribution < 1.29 is 4.52 Å². The van der Waals surface area contributed by atoms with Gasteiger partial charge in [0.25, 0.3) is 0 Å². The zero-order valence-corrected chi connectivity index (χ0v) is 9.51. The predicted octanol–water partition coefficient (Wildman–Crippen LogP) is 1.46. The van der Waals surface area contributed by atoms with E-state index in [2.05, 4.69) is 17.1 Å². The van der Waals surface area contributed by atoms with Gasteiger partial charge in [-0.25, -0.2) is 0 Å². The van der Waals surface area contributed by atoms with Gasteiger partial charge in [-0.1, -0.05) is 19.0 Å². The molecule has 0 aliphatic carbocycles. The first kappa shape index (κ1) is 11.5. The van der Waals surface area contributed by atoms with Gasteiger partial charge in [0.15, 0.2) is 5.82 Å². The summed E-state index contributed by atoms with van der Waals surface area (Å²) in [4.78, 5) is 4.22. The molecule has 0 radical (unpaired) electrons. The lowest BCUT2D eigenvalue weighted by Gasteiger charge is -2.05. The lowest BCUT2D eigenvalue weighted by atomic mass is 10.2. The molecule has 0 aromatic carbocycles. The van der Waals surface area contributed by atoms with Crippen LogP contribution >= 0.6 is 11.8 Å². The number of aryl methyl sites for hydroxylation is 1. The van der Waals surface area contributed by atoms with Crippen LogP contribution in [0.3, 0.4) is 0 Å². The Morgan fingerprint density at radius 1 is 1.57 bits per heavy atom. The monoisotopic (exact) mass is 215 g/mol. The zero-order chi connectivity index (χ0) is 10.4. The maximum absolute atomic E-state index is 5.51. The molecular formula is C9H17N3OS. The van der Waals surface area contributed by atoms with Crippen molar-refractivity contribution in [3.05, 3.63) is 11.7 Å². The molecular weight excluding hydrogens is 198 g/mol. The van der Waals surface area contributed by atoms with Crippen molar-refractivity contribution in [1.82, 2.24) is 10.1 Å². The fraction of sp³-hybridized carbons (Fsp3) is 0.778. The van der Waals surface area contributed by atoms with Gasteiger partial charge in [0.05, 0.1) is 5.75 Å². The first-order chi connectivity index (χ1) is 6.76. The molecule has 1 heterocycles. The highest BCUT2D eigenvalue weighted by molar-refractivity contribution is 7.98. The van der Waals surface area contributed by atoms with E-state index in [4.69, 9.17) is 10.3 Å². The summed E-state index contributed by atoms with van der Waals surface area (Å²) in [5.74, 6) is 3.88. The number of rotatable bonds is 6. The van der Waals surface area contributed by atoms with E-state index in [0.29, 0.717) is 5.92 Å². The molecule has 1 atom stereocenters. The summed E-state index contributed by atoms with van der Waals surface area (Å²) in [5, 5.41) is 3.83. The fourth-order valence-corrected chi connectivity index (χ4v) is 1.86. The number of nitrogens with two attached hydrogens (primary N) is 1. The molecule has 0 spiro atoms. The van der Waals surface area contributed by atoms with E-state index in [1.807, 2.05) is 6.92 Å². The molecule has 1 aromatic heterocycles. The van der Waals surface area contributed by atoms with Crippen LogP contribution in [-0.2, 0) is 12.2 Å². The second-order valence-electron chi connectivity index (χ2n) is 3.31. The van der Waals surface area contributed by atoms with Crippen molar-refractivity contribution in [2.45, 2.75) is 26.0 Å². The molecule has 80 valence electrons. The van der Waals surface area contributed by atoms with E-state index in [9.17, 15) is 0 Å². The zero-order valence-electron chi connectivity index (χ0n) is 8.69. The second-order valence-corrected chi connectivity index (χ2v) is 4.34. The predicted molar refractivity (Wildman–Crippen MR) is 58.1 cm³/mol.